The van der Waals surface area contributed by atoms with Crippen molar-refractivity contribution in [2.24, 2.45) is 0 Å². The van der Waals surface area contributed by atoms with Gasteiger partial charge in [0.05, 0.1) is 18.5 Å². The molecule has 0 aromatic heterocycles. The van der Waals surface area contributed by atoms with Crippen LogP contribution in [0, 0.1) is 5.82 Å². The van der Waals surface area contributed by atoms with Crippen molar-refractivity contribution in [3.8, 4) is 0 Å². The summed E-state index contributed by atoms with van der Waals surface area (Å²) < 4.78 is 14.0. The summed E-state index contributed by atoms with van der Waals surface area (Å²) in [5.41, 5.74) is 0.379. The molecule has 7 heteroatoms. The van der Waals surface area contributed by atoms with Crippen LogP contribution in [0.1, 0.15) is 35.2 Å². The average Bonchev–Trinajstić information content (AvgIpc) is 2.99. The molecule has 2 aliphatic rings. The molecular formula is C21H20ClFN2O3. The Bertz CT molecular complexity index is 898. The fourth-order valence-corrected chi connectivity index (χ4v) is 3.94. The van der Waals surface area contributed by atoms with Crippen LogP contribution in [-0.4, -0.2) is 40.5 Å². The van der Waals surface area contributed by atoms with E-state index in [1.807, 2.05) is 30.3 Å². The molecule has 0 radical (unpaired) electrons. The first-order chi connectivity index (χ1) is 13.5. The normalized spacial score (nSPS) is 18.7. The maximum atomic E-state index is 14.0. The molecule has 5 nitrogen and oxygen atoms in total. The highest BCUT2D eigenvalue weighted by molar-refractivity contribution is 6.31. The summed E-state index contributed by atoms with van der Waals surface area (Å²) in [7, 11) is 0. The predicted octanol–water partition coefficient (Wildman–Crippen LogP) is 3.82. The molecule has 2 saturated heterocycles. The Morgan fingerprint density at radius 1 is 1.14 bits per heavy atom. The van der Waals surface area contributed by atoms with E-state index in [4.69, 9.17) is 16.4 Å². The molecule has 146 valence electrons. The van der Waals surface area contributed by atoms with E-state index in [0.717, 1.165) is 5.56 Å². The Morgan fingerprint density at radius 2 is 1.86 bits per heavy atom. The molecule has 2 heterocycles. The van der Waals surface area contributed by atoms with Crippen molar-refractivity contribution >= 4 is 23.4 Å². The zero-order valence-electron chi connectivity index (χ0n) is 15.2. The SMILES string of the molecule is O=C(c1cc(Cl)ccc1F)N1CCC2(CC1)CC(=O)N(Cc1ccccc1)O2. The zero-order chi connectivity index (χ0) is 19.7. The lowest BCUT2D eigenvalue weighted by Gasteiger charge is -2.37. The Labute approximate surface area is 167 Å². The quantitative estimate of drug-likeness (QED) is 0.784. The van der Waals surface area contributed by atoms with Gasteiger partial charge in [0, 0.05) is 18.1 Å². The lowest BCUT2D eigenvalue weighted by Crippen LogP contribution is -2.47. The number of likely N-dealkylation sites (tertiary alicyclic amines) is 1. The van der Waals surface area contributed by atoms with Crippen molar-refractivity contribution in [2.45, 2.75) is 31.4 Å². The summed E-state index contributed by atoms with van der Waals surface area (Å²) in [4.78, 5) is 32.7. The van der Waals surface area contributed by atoms with Crippen molar-refractivity contribution in [3.05, 3.63) is 70.5 Å². The van der Waals surface area contributed by atoms with Gasteiger partial charge >= 0.3 is 0 Å². The van der Waals surface area contributed by atoms with Crippen LogP contribution in [0.2, 0.25) is 5.02 Å². The molecule has 0 atom stereocenters. The highest BCUT2D eigenvalue weighted by Crippen LogP contribution is 2.37. The highest BCUT2D eigenvalue weighted by atomic mass is 35.5. The smallest absolute Gasteiger partial charge is 0.256 e. The van der Waals surface area contributed by atoms with Gasteiger partial charge in [0.15, 0.2) is 0 Å². The van der Waals surface area contributed by atoms with Crippen molar-refractivity contribution in [1.29, 1.82) is 0 Å². The zero-order valence-corrected chi connectivity index (χ0v) is 16.0. The van der Waals surface area contributed by atoms with E-state index in [0.29, 0.717) is 43.9 Å². The highest BCUT2D eigenvalue weighted by Gasteiger charge is 2.47. The minimum Gasteiger partial charge on any atom is -0.338 e. The number of hydroxylamine groups is 2. The Kier molecular flexibility index (Phi) is 5.08. The molecule has 2 fully saturated rings. The molecule has 28 heavy (non-hydrogen) atoms. The van der Waals surface area contributed by atoms with Gasteiger partial charge in [0.25, 0.3) is 5.91 Å². The number of hydrogen-bond acceptors (Lipinski definition) is 3. The van der Waals surface area contributed by atoms with E-state index in [1.54, 1.807) is 4.90 Å². The van der Waals surface area contributed by atoms with Gasteiger partial charge in [-0.25, -0.2) is 9.45 Å². The largest absolute Gasteiger partial charge is 0.338 e. The van der Waals surface area contributed by atoms with Crippen LogP contribution in [0.15, 0.2) is 48.5 Å². The van der Waals surface area contributed by atoms with Crippen LogP contribution in [0.3, 0.4) is 0 Å². The lowest BCUT2D eigenvalue weighted by atomic mass is 9.88. The molecule has 2 aromatic rings. The van der Waals surface area contributed by atoms with E-state index in [9.17, 15) is 14.0 Å². The molecule has 2 aromatic carbocycles. The molecule has 1 spiro atoms. The number of hydrogen-bond donors (Lipinski definition) is 0. The maximum absolute atomic E-state index is 14.0. The summed E-state index contributed by atoms with van der Waals surface area (Å²) in [5, 5.41) is 1.74. The van der Waals surface area contributed by atoms with E-state index in [1.165, 1.54) is 23.3 Å². The number of carbonyl (C=O) groups excluding carboxylic acids is 2. The van der Waals surface area contributed by atoms with E-state index in [-0.39, 0.29) is 17.4 Å². The maximum Gasteiger partial charge on any atom is 0.256 e. The molecule has 2 aliphatic heterocycles. The summed E-state index contributed by atoms with van der Waals surface area (Å²) in [6, 6.07) is 13.6. The molecule has 4 rings (SSSR count). The first kappa shape index (κ1) is 18.9. The lowest BCUT2D eigenvalue weighted by molar-refractivity contribution is -0.213. The van der Waals surface area contributed by atoms with Crippen molar-refractivity contribution in [1.82, 2.24) is 9.96 Å². The standard InChI is InChI=1S/C21H20ClFN2O3/c22-16-6-7-18(23)17(12-16)20(27)24-10-8-21(9-11-24)13-19(26)25(28-21)14-15-4-2-1-3-5-15/h1-7,12H,8-11,13-14H2. The predicted molar refractivity (Wildman–Crippen MR) is 102 cm³/mol. The van der Waals surface area contributed by atoms with Crippen LogP contribution in [0.25, 0.3) is 0 Å². The Hall–Kier alpha value is -2.44. The van der Waals surface area contributed by atoms with Crippen molar-refractivity contribution < 1.29 is 18.8 Å². The van der Waals surface area contributed by atoms with E-state index < -0.39 is 11.4 Å². The van der Waals surface area contributed by atoms with Crippen molar-refractivity contribution in [3.63, 3.8) is 0 Å². The Morgan fingerprint density at radius 3 is 2.57 bits per heavy atom. The van der Waals surface area contributed by atoms with E-state index >= 15 is 0 Å². The Balaban J connectivity index is 1.40. The monoisotopic (exact) mass is 402 g/mol. The summed E-state index contributed by atoms with van der Waals surface area (Å²) in [6.45, 7) is 1.20. The van der Waals surface area contributed by atoms with Crippen LogP contribution in [-0.2, 0) is 16.2 Å². The van der Waals surface area contributed by atoms with Gasteiger partial charge in [-0.15, -0.1) is 0 Å². The number of piperidine rings is 1. The van der Waals surface area contributed by atoms with Crippen LogP contribution in [0.4, 0.5) is 4.39 Å². The first-order valence-electron chi connectivity index (χ1n) is 9.24. The topological polar surface area (TPSA) is 49.9 Å². The van der Waals surface area contributed by atoms with Gasteiger partial charge in [-0.2, -0.15) is 0 Å². The minimum atomic E-state index is -0.588. The molecule has 0 N–H and O–H groups in total. The molecule has 0 aliphatic carbocycles. The van der Waals surface area contributed by atoms with Gasteiger partial charge in [0.2, 0.25) is 5.91 Å². The number of halogens is 2. The number of benzene rings is 2. The third kappa shape index (κ3) is 3.75. The van der Waals surface area contributed by atoms with E-state index in [2.05, 4.69) is 0 Å². The van der Waals surface area contributed by atoms with Crippen molar-refractivity contribution in [2.75, 3.05) is 13.1 Å². The number of nitrogens with zero attached hydrogens (tertiary/aromatic N) is 2. The third-order valence-electron chi connectivity index (χ3n) is 5.35. The van der Waals surface area contributed by atoms with Gasteiger partial charge in [-0.05, 0) is 36.6 Å². The third-order valence-corrected chi connectivity index (χ3v) is 5.58. The fourth-order valence-electron chi connectivity index (χ4n) is 3.77. The molecule has 0 saturated carbocycles. The molecular weight excluding hydrogens is 383 g/mol. The first-order valence-corrected chi connectivity index (χ1v) is 9.61. The molecule has 0 bridgehead atoms. The molecule has 0 unspecified atom stereocenters. The van der Waals surface area contributed by atoms with Gasteiger partial charge in [0.1, 0.15) is 11.4 Å². The second kappa shape index (κ2) is 7.53. The van der Waals surface area contributed by atoms with Crippen LogP contribution >= 0.6 is 11.6 Å². The number of amides is 2. The number of rotatable bonds is 3. The fraction of sp³-hybridized carbons (Fsp3) is 0.333. The summed E-state index contributed by atoms with van der Waals surface area (Å²) in [5.74, 6) is -1.03. The van der Waals surface area contributed by atoms with Crippen LogP contribution in [0.5, 0.6) is 0 Å². The second-order valence-electron chi connectivity index (χ2n) is 7.28. The number of carbonyl (C=O) groups is 2. The van der Waals surface area contributed by atoms with Gasteiger partial charge < -0.3 is 4.90 Å². The minimum absolute atomic E-state index is 0.0300. The summed E-state index contributed by atoms with van der Waals surface area (Å²) >= 11 is 5.90. The summed E-state index contributed by atoms with van der Waals surface area (Å²) in [6.07, 6.45) is 1.35. The van der Waals surface area contributed by atoms with Crippen LogP contribution < -0.4 is 0 Å². The molecule has 2 amide bonds. The average molecular weight is 403 g/mol. The second-order valence-corrected chi connectivity index (χ2v) is 7.72. The van der Waals surface area contributed by atoms with Gasteiger partial charge in [-0.1, -0.05) is 41.9 Å². The van der Waals surface area contributed by atoms with Gasteiger partial charge in [-0.3, -0.25) is 14.4 Å².